The molecule has 3 aromatic rings. The maximum atomic E-state index is 13.2. The van der Waals surface area contributed by atoms with Crippen LogP contribution in [0.5, 0.6) is 11.5 Å². The van der Waals surface area contributed by atoms with Crippen molar-refractivity contribution in [3.63, 3.8) is 0 Å². The van der Waals surface area contributed by atoms with Gasteiger partial charge in [-0.3, -0.25) is 4.79 Å². The molecule has 0 bridgehead atoms. The van der Waals surface area contributed by atoms with Gasteiger partial charge >= 0.3 is 0 Å². The van der Waals surface area contributed by atoms with Crippen molar-refractivity contribution in [2.24, 2.45) is 0 Å². The molecule has 7 nitrogen and oxygen atoms in total. The summed E-state index contributed by atoms with van der Waals surface area (Å²) in [7, 11) is 3.04. The zero-order chi connectivity index (χ0) is 19.1. The molecule has 0 unspecified atom stereocenters. The minimum absolute atomic E-state index is 0.272. The molecule has 0 atom stereocenters. The number of benzene rings is 1. The van der Waals surface area contributed by atoms with E-state index >= 15 is 0 Å². The first kappa shape index (κ1) is 17.6. The van der Waals surface area contributed by atoms with Crippen LogP contribution in [-0.4, -0.2) is 30.3 Å². The van der Waals surface area contributed by atoms with E-state index < -0.39 is 0 Å². The average Bonchev–Trinajstić information content (AvgIpc) is 3.27. The molecular weight excluding hydrogens is 370 g/mol. The minimum Gasteiger partial charge on any atom is -0.495 e. The number of pyridine rings is 1. The van der Waals surface area contributed by atoms with Gasteiger partial charge in [-0.1, -0.05) is 16.8 Å². The number of nitrogens with one attached hydrogen (secondary N) is 1. The summed E-state index contributed by atoms with van der Waals surface area (Å²) in [5, 5.41) is 7.90. The first-order valence-corrected chi connectivity index (χ1v) is 8.92. The van der Waals surface area contributed by atoms with Crippen molar-refractivity contribution in [2.75, 3.05) is 19.5 Å². The molecule has 0 radical (unpaired) electrons. The third-order valence-electron chi connectivity index (χ3n) is 4.77. The Morgan fingerprint density at radius 1 is 1.22 bits per heavy atom. The summed E-state index contributed by atoms with van der Waals surface area (Å²) in [6.45, 7) is 1.80. The fourth-order valence-corrected chi connectivity index (χ4v) is 3.75. The third kappa shape index (κ3) is 2.88. The Morgan fingerprint density at radius 2 is 2.00 bits per heavy atom. The molecule has 0 saturated carbocycles. The van der Waals surface area contributed by atoms with Crippen LogP contribution in [0.4, 0.5) is 5.69 Å². The molecule has 0 fully saturated rings. The van der Waals surface area contributed by atoms with Crippen molar-refractivity contribution < 1.29 is 18.8 Å². The number of methoxy groups -OCH3 is 2. The highest BCUT2D eigenvalue weighted by Crippen LogP contribution is 2.37. The number of aromatic nitrogens is 2. The van der Waals surface area contributed by atoms with Crippen LogP contribution >= 0.6 is 11.6 Å². The van der Waals surface area contributed by atoms with E-state index in [1.807, 2.05) is 0 Å². The van der Waals surface area contributed by atoms with Gasteiger partial charge in [0.25, 0.3) is 11.6 Å². The van der Waals surface area contributed by atoms with Crippen LogP contribution < -0.4 is 14.8 Å². The number of hydrogen-bond donors (Lipinski definition) is 1. The van der Waals surface area contributed by atoms with Gasteiger partial charge in [-0.25, -0.2) is 4.98 Å². The smallest absolute Gasteiger partial charge is 0.259 e. The predicted molar refractivity (Wildman–Crippen MR) is 101 cm³/mol. The highest BCUT2D eigenvalue weighted by molar-refractivity contribution is 6.32. The summed E-state index contributed by atoms with van der Waals surface area (Å²) in [6, 6.07) is 3.24. The molecule has 2 heterocycles. The fourth-order valence-electron chi connectivity index (χ4n) is 3.51. The number of halogens is 1. The Kier molecular flexibility index (Phi) is 4.39. The Balaban J connectivity index is 1.81. The molecule has 1 aromatic carbocycles. The normalized spacial score (nSPS) is 12.9. The topological polar surface area (TPSA) is 86.5 Å². The van der Waals surface area contributed by atoms with E-state index in [4.69, 9.17) is 25.6 Å². The summed E-state index contributed by atoms with van der Waals surface area (Å²) >= 11 is 6.22. The van der Waals surface area contributed by atoms with E-state index in [1.165, 1.54) is 14.2 Å². The monoisotopic (exact) mass is 387 g/mol. The van der Waals surface area contributed by atoms with Gasteiger partial charge in [-0.2, -0.15) is 0 Å². The largest absolute Gasteiger partial charge is 0.495 e. The molecule has 1 aliphatic carbocycles. The van der Waals surface area contributed by atoms with Gasteiger partial charge in [-0.05, 0) is 37.8 Å². The van der Waals surface area contributed by atoms with E-state index in [-0.39, 0.29) is 5.91 Å². The van der Waals surface area contributed by atoms with Crippen LogP contribution in [0.1, 0.15) is 33.7 Å². The number of aryl methyl sites for hydroxylation is 2. The predicted octanol–water partition coefficient (Wildman–Crippen LogP) is 3.94. The number of anilines is 1. The van der Waals surface area contributed by atoms with Gasteiger partial charge < -0.3 is 19.3 Å². The minimum atomic E-state index is -0.272. The van der Waals surface area contributed by atoms with E-state index in [2.05, 4.69) is 15.5 Å². The zero-order valence-corrected chi connectivity index (χ0v) is 15.9. The lowest BCUT2D eigenvalue weighted by Gasteiger charge is -2.14. The standard InChI is InChI=1S/C19H18ClN3O4/c1-9-16-17(10-5-4-6-12(10)22-19(16)27-23-9)18(24)21-13-7-11(20)14(25-2)8-15(13)26-3/h7-8H,4-6H2,1-3H3,(H,21,24). The Labute approximate surface area is 160 Å². The Morgan fingerprint density at radius 3 is 2.74 bits per heavy atom. The third-order valence-corrected chi connectivity index (χ3v) is 5.07. The number of ether oxygens (including phenoxy) is 2. The maximum absolute atomic E-state index is 13.2. The van der Waals surface area contributed by atoms with Crippen LogP contribution in [0.15, 0.2) is 16.7 Å². The molecule has 27 heavy (non-hydrogen) atoms. The van der Waals surface area contributed by atoms with Gasteiger partial charge in [0.2, 0.25) is 0 Å². The van der Waals surface area contributed by atoms with Crippen molar-refractivity contribution in [2.45, 2.75) is 26.2 Å². The summed E-state index contributed by atoms with van der Waals surface area (Å²) in [5.74, 6) is 0.647. The van der Waals surface area contributed by atoms with Crippen LogP contribution in [0.3, 0.4) is 0 Å². The number of rotatable bonds is 4. The molecule has 0 spiro atoms. The number of hydrogen-bond acceptors (Lipinski definition) is 6. The van der Waals surface area contributed by atoms with E-state index in [0.717, 1.165) is 30.5 Å². The first-order valence-electron chi connectivity index (χ1n) is 8.54. The molecule has 1 amide bonds. The van der Waals surface area contributed by atoms with Crippen molar-refractivity contribution in [1.29, 1.82) is 0 Å². The molecule has 1 N–H and O–H groups in total. The average molecular weight is 388 g/mol. The van der Waals surface area contributed by atoms with Crippen molar-refractivity contribution in [3.05, 3.63) is 39.7 Å². The molecule has 0 aliphatic heterocycles. The van der Waals surface area contributed by atoms with Crippen molar-refractivity contribution in [3.8, 4) is 11.5 Å². The van der Waals surface area contributed by atoms with Crippen LogP contribution in [0.2, 0.25) is 5.02 Å². The zero-order valence-electron chi connectivity index (χ0n) is 15.2. The Hall–Kier alpha value is -2.80. The second-order valence-electron chi connectivity index (χ2n) is 6.35. The van der Waals surface area contributed by atoms with E-state index in [9.17, 15) is 4.79 Å². The van der Waals surface area contributed by atoms with Crippen molar-refractivity contribution in [1.82, 2.24) is 10.1 Å². The van der Waals surface area contributed by atoms with Gasteiger partial charge in [0.15, 0.2) is 0 Å². The fraction of sp³-hybridized carbons (Fsp3) is 0.316. The van der Waals surface area contributed by atoms with E-state index in [0.29, 0.717) is 44.6 Å². The molecule has 2 aromatic heterocycles. The van der Waals surface area contributed by atoms with Crippen LogP contribution in [-0.2, 0) is 12.8 Å². The molecule has 4 rings (SSSR count). The van der Waals surface area contributed by atoms with E-state index in [1.54, 1.807) is 19.1 Å². The lowest BCUT2D eigenvalue weighted by molar-refractivity contribution is 0.102. The lowest BCUT2D eigenvalue weighted by Crippen LogP contribution is -2.16. The van der Waals surface area contributed by atoms with Gasteiger partial charge in [0.05, 0.1) is 41.6 Å². The quantitative estimate of drug-likeness (QED) is 0.729. The molecular formula is C19H18ClN3O4. The number of carbonyl (C=O) groups excluding carboxylic acids is 1. The lowest BCUT2D eigenvalue weighted by atomic mass is 10.0. The first-order chi connectivity index (χ1) is 13.0. The SMILES string of the molecule is COc1cc(OC)c(NC(=O)c2c3c(nc4onc(C)c24)CCC3)cc1Cl. The highest BCUT2D eigenvalue weighted by Gasteiger charge is 2.27. The number of amides is 1. The number of carbonyl (C=O) groups is 1. The van der Waals surface area contributed by atoms with Crippen LogP contribution in [0.25, 0.3) is 11.1 Å². The van der Waals surface area contributed by atoms with Gasteiger partial charge in [0.1, 0.15) is 11.5 Å². The molecule has 8 heteroatoms. The second kappa shape index (κ2) is 6.74. The van der Waals surface area contributed by atoms with Crippen LogP contribution in [0, 0.1) is 6.92 Å². The molecule has 140 valence electrons. The number of nitrogens with zero attached hydrogens (tertiary/aromatic N) is 2. The summed E-state index contributed by atoms with van der Waals surface area (Å²) < 4.78 is 15.9. The maximum Gasteiger partial charge on any atom is 0.259 e. The summed E-state index contributed by atoms with van der Waals surface area (Å²) in [4.78, 5) is 17.8. The highest BCUT2D eigenvalue weighted by atomic mass is 35.5. The van der Waals surface area contributed by atoms with Gasteiger partial charge in [0, 0.05) is 11.8 Å². The summed E-state index contributed by atoms with van der Waals surface area (Å²) in [5.41, 5.74) is 3.88. The molecule has 0 saturated heterocycles. The molecule has 1 aliphatic rings. The number of fused-ring (bicyclic) bond motifs is 2. The second-order valence-corrected chi connectivity index (χ2v) is 6.76. The van der Waals surface area contributed by atoms with Crippen molar-refractivity contribution >= 4 is 34.3 Å². The summed E-state index contributed by atoms with van der Waals surface area (Å²) in [6.07, 6.45) is 2.58. The van der Waals surface area contributed by atoms with Gasteiger partial charge in [-0.15, -0.1) is 0 Å². The Bertz CT molecular complexity index is 1060.